The van der Waals surface area contributed by atoms with E-state index in [0.717, 1.165) is 36.1 Å². The van der Waals surface area contributed by atoms with E-state index in [1.165, 1.54) is 5.56 Å². The first-order valence-corrected chi connectivity index (χ1v) is 8.71. The van der Waals surface area contributed by atoms with Crippen molar-refractivity contribution in [3.63, 3.8) is 0 Å². The van der Waals surface area contributed by atoms with Crippen molar-refractivity contribution in [3.05, 3.63) is 70.8 Å². The minimum atomic E-state index is -1.01. The number of fused-ring (bicyclic) bond motifs is 7. The minimum absolute atomic E-state index is 0.303. The van der Waals surface area contributed by atoms with E-state index < -0.39 is 11.2 Å². The van der Waals surface area contributed by atoms with Crippen LogP contribution in [0.2, 0.25) is 0 Å². The highest BCUT2D eigenvalue weighted by atomic mass is 16.5. The van der Waals surface area contributed by atoms with Crippen molar-refractivity contribution < 1.29 is 9.84 Å². The third-order valence-corrected chi connectivity index (χ3v) is 5.55. The Morgan fingerprint density at radius 2 is 1.62 bits per heavy atom. The summed E-state index contributed by atoms with van der Waals surface area (Å²) < 4.78 is 6.61. The summed E-state index contributed by atoms with van der Waals surface area (Å²) in [5.41, 5.74) is 3.03. The fraction of sp³-hybridized carbons (Fsp3) is 0.429. The Labute approximate surface area is 143 Å². The van der Waals surface area contributed by atoms with Gasteiger partial charge >= 0.3 is 0 Å². The highest BCUT2D eigenvalue weighted by Gasteiger charge is 2.57. The zero-order chi connectivity index (χ0) is 16.9. The highest BCUT2D eigenvalue weighted by molar-refractivity contribution is 5.55. The molecule has 3 atom stereocenters. The topological polar surface area (TPSA) is 32.7 Å². The van der Waals surface area contributed by atoms with Crippen LogP contribution in [0.3, 0.4) is 0 Å². The van der Waals surface area contributed by atoms with Gasteiger partial charge in [0, 0.05) is 0 Å². The largest absolute Gasteiger partial charge is 0.382 e. The van der Waals surface area contributed by atoms with Gasteiger partial charge in [-0.05, 0) is 62.7 Å². The Morgan fingerprint density at radius 1 is 1.00 bits per heavy atom. The number of rotatable bonds is 4. The van der Waals surface area contributed by atoms with Crippen molar-refractivity contribution >= 4 is 0 Å². The molecular formula is C21H25NO2. The lowest BCUT2D eigenvalue weighted by Crippen LogP contribution is -2.42. The van der Waals surface area contributed by atoms with Crippen LogP contribution in [0.1, 0.15) is 48.1 Å². The molecular weight excluding hydrogens is 298 g/mol. The molecule has 4 rings (SSSR count). The van der Waals surface area contributed by atoms with E-state index in [4.69, 9.17) is 4.74 Å². The lowest BCUT2D eigenvalue weighted by atomic mass is 9.77. The van der Waals surface area contributed by atoms with E-state index >= 15 is 0 Å². The van der Waals surface area contributed by atoms with E-state index in [0.29, 0.717) is 0 Å². The molecule has 1 N–H and O–H groups in total. The molecule has 0 fully saturated rings. The molecule has 3 heteroatoms. The van der Waals surface area contributed by atoms with Gasteiger partial charge in [-0.2, -0.15) is 0 Å². The van der Waals surface area contributed by atoms with Gasteiger partial charge in [-0.1, -0.05) is 48.5 Å². The fourth-order valence-electron chi connectivity index (χ4n) is 4.44. The van der Waals surface area contributed by atoms with Crippen molar-refractivity contribution in [1.82, 2.24) is 4.90 Å². The molecule has 2 aromatic rings. The quantitative estimate of drug-likeness (QED) is 0.934. The van der Waals surface area contributed by atoms with Crippen molar-refractivity contribution in [1.29, 1.82) is 0 Å². The molecule has 3 nitrogen and oxygen atoms in total. The summed E-state index contributed by atoms with van der Waals surface area (Å²) in [4.78, 5) is 2.21. The predicted molar refractivity (Wildman–Crippen MR) is 94.8 cm³/mol. The smallest absolute Gasteiger partial charge is 0.120 e. The number of hydrogen-bond donors (Lipinski definition) is 1. The standard InChI is InChI=1S/C21H25NO2/c1-20(23)17-11-6-7-12-18(17)21(13-8-14-22(2)3)16-10-5-4-9-15(16)19(20)24-21/h4-7,9-12,19,23H,8,13-14H2,1-3H3. The maximum atomic E-state index is 11.3. The van der Waals surface area contributed by atoms with Crippen molar-refractivity contribution in [3.8, 4) is 0 Å². The molecule has 0 saturated carbocycles. The average molecular weight is 323 g/mol. The summed E-state index contributed by atoms with van der Waals surface area (Å²) in [6, 6.07) is 16.6. The Kier molecular flexibility index (Phi) is 3.57. The van der Waals surface area contributed by atoms with E-state index in [9.17, 15) is 5.11 Å². The molecule has 0 radical (unpaired) electrons. The van der Waals surface area contributed by atoms with Gasteiger partial charge in [0.25, 0.3) is 0 Å². The number of benzene rings is 2. The molecule has 0 aliphatic carbocycles. The first-order chi connectivity index (χ1) is 11.5. The third-order valence-electron chi connectivity index (χ3n) is 5.55. The average Bonchev–Trinajstić information content (AvgIpc) is 2.88. The molecule has 0 spiro atoms. The molecule has 126 valence electrons. The molecule has 3 unspecified atom stereocenters. The monoisotopic (exact) mass is 323 g/mol. The fourth-order valence-corrected chi connectivity index (χ4v) is 4.44. The van der Waals surface area contributed by atoms with Gasteiger partial charge in [0.2, 0.25) is 0 Å². The maximum Gasteiger partial charge on any atom is 0.120 e. The summed E-state index contributed by atoms with van der Waals surface area (Å²) in [5.74, 6) is 0. The van der Waals surface area contributed by atoms with Crippen LogP contribution in [-0.4, -0.2) is 30.6 Å². The summed E-state index contributed by atoms with van der Waals surface area (Å²) in [6.45, 7) is 2.90. The highest BCUT2D eigenvalue weighted by Crippen LogP contribution is 2.60. The van der Waals surface area contributed by atoms with Gasteiger partial charge in [-0.3, -0.25) is 0 Å². The third kappa shape index (κ3) is 2.08. The van der Waals surface area contributed by atoms with Crippen molar-refractivity contribution in [2.24, 2.45) is 0 Å². The van der Waals surface area contributed by atoms with Gasteiger partial charge in [0.15, 0.2) is 0 Å². The van der Waals surface area contributed by atoms with Gasteiger partial charge in [-0.15, -0.1) is 0 Å². The molecule has 24 heavy (non-hydrogen) atoms. The first kappa shape index (κ1) is 15.8. The lowest BCUT2D eigenvalue weighted by molar-refractivity contribution is -0.169. The van der Waals surface area contributed by atoms with Crippen molar-refractivity contribution in [2.45, 2.75) is 37.1 Å². The SMILES string of the molecule is CN(C)CCCC12OC(c3ccccc31)C(C)(O)c1ccccc12. The first-order valence-electron chi connectivity index (χ1n) is 8.71. The van der Waals surface area contributed by atoms with E-state index in [-0.39, 0.29) is 6.10 Å². The maximum absolute atomic E-state index is 11.3. The summed E-state index contributed by atoms with van der Waals surface area (Å²) in [5, 5.41) is 11.3. The van der Waals surface area contributed by atoms with Crippen LogP contribution in [0.5, 0.6) is 0 Å². The Hall–Kier alpha value is -1.68. The Morgan fingerprint density at radius 3 is 2.33 bits per heavy atom. The summed E-state index contributed by atoms with van der Waals surface area (Å²) in [7, 11) is 4.20. The lowest BCUT2D eigenvalue weighted by Gasteiger charge is -2.43. The molecule has 0 aromatic heterocycles. The van der Waals surface area contributed by atoms with Crippen LogP contribution in [-0.2, 0) is 15.9 Å². The predicted octanol–water partition coefficient (Wildman–Crippen LogP) is 3.56. The Balaban J connectivity index is 1.89. The molecule has 2 bridgehead atoms. The van der Waals surface area contributed by atoms with Crippen LogP contribution >= 0.6 is 0 Å². The molecule has 2 aliphatic rings. The summed E-state index contributed by atoms with van der Waals surface area (Å²) in [6.07, 6.45) is 1.67. The zero-order valence-electron chi connectivity index (χ0n) is 14.6. The van der Waals surface area contributed by atoms with Gasteiger partial charge in [0.05, 0.1) is 0 Å². The second-order valence-corrected chi connectivity index (χ2v) is 7.51. The number of ether oxygens (including phenoxy) is 1. The minimum Gasteiger partial charge on any atom is -0.382 e. The van der Waals surface area contributed by atoms with Crippen molar-refractivity contribution in [2.75, 3.05) is 20.6 Å². The van der Waals surface area contributed by atoms with Gasteiger partial charge in [0.1, 0.15) is 17.3 Å². The zero-order valence-corrected chi connectivity index (χ0v) is 14.6. The number of aliphatic hydroxyl groups is 1. The van der Waals surface area contributed by atoms with Gasteiger partial charge in [-0.25, -0.2) is 0 Å². The number of nitrogens with zero attached hydrogens (tertiary/aromatic N) is 1. The van der Waals surface area contributed by atoms with Crippen LogP contribution in [0.25, 0.3) is 0 Å². The van der Waals surface area contributed by atoms with Gasteiger partial charge < -0.3 is 14.7 Å². The number of hydrogen-bond acceptors (Lipinski definition) is 3. The van der Waals surface area contributed by atoms with Crippen LogP contribution in [0.4, 0.5) is 0 Å². The second-order valence-electron chi connectivity index (χ2n) is 7.51. The second kappa shape index (κ2) is 5.41. The molecule has 0 amide bonds. The van der Waals surface area contributed by atoms with E-state index in [2.05, 4.69) is 49.3 Å². The molecule has 2 heterocycles. The normalized spacial score (nSPS) is 30.3. The molecule has 2 aliphatic heterocycles. The Bertz CT molecular complexity index is 768. The summed E-state index contributed by atoms with van der Waals surface area (Å²) >= 11 is 0. The van der Waals surface area contributed by atoms with E-state index in [1.807, 2.05) is 25.1 Å². The molecule has 2 aromatic carbocycles. The van der Waals surface area contributed by atoms with Crippen LogP contribution < -0.4 is 0 Å². The van der Waals surface area contributed by atoms with Crippen LogP contribution in [0, 0.1) is 0 Å². The molecule has 0 saturated heterocycles. The van der Waals surface area contributed by atoms with Crippen LogP contribution in [0.15, 0.2) is 48.5 Å². The van der Waals surface area contributed by atoms with E-state index in [1.54, 1.807) is 0 Å².